The average molecular weight is 250 g/mol. The highest BCUT2D eigenvalue weighted by Crippen LogP contribution is 2.35. The summed E-state index contributed by atoms with van der Waals surface area (Å²) in [6, 6.07) is 6.19. The van der Waals surface area contributed by atoms with Gasteiger partial charge in [-0.05, 0) is 37.8 Å². The third-order valence-corrected chi connectivity index (χ3v) is 3.42. The lowest BCUT2D eigenvalue weighted by atomic mass is 10.1. The second-order valence-corrected chi connectivity index (χ2v) is 4.99. The lowest BCUT2D eigenvalue weighted by Crippen LogP contribution is -2.21. The van der Waals surface area contributed by atoms with Crippen LogP contribution in [0.3, 0.4) is 0 Å². The maximum Gasteiger partial charge on any atom is 0.120 e. The van der Waals surface area contributed by atoms with Crippen molar-refractivity contribution in [2.75, 3.05) is 12.4 Å². The van der Waals surface area contributed by atoms with Gasteiger partial charge in [-0.3, -0.25) is 0 Å². The Kier molecular flexibility index (Phi) is 3.52. The molecule has 0 aliphatic heterocycles. The Morgan fingerprint density at radius 3 is 2.76 bits per heavy atom. The molecule has 0 amide bonds. The summed E-state index contributed by atoms with van der Waals surface area (Å²) < 4.78 is 5.22. The van der Waals surface area contributed by atoms with Gasteiger partial charge >= 0.3 is 0 Å². The molecule has 1 aromatic rings. The summed E-state index contributed by atoms with van der Waals surface area (Å²) in [6.45, 7) is 2.19. The molecule has 1 aliphatic carbocycles. The molecular formula is C13H18N2OS. The third-order valence-electron chi connectivity index (χ3n) is 3.20. The van der Waals surface area contributed by atoms with Gasteiger partial charge in [0.1, 0.15) is 10.7 Å². The zero-order valence-electron chi connectivity index (χ0n) is 10.2. The Balaban J connectivity index is 2.23. The quantitative estimate of drug-likeness (QED) is 0.788. The van der Waals surface area contributed by atoms with E-state index in [1.54, 1.807) is 7.11 Å². The molecule has 0 radical (unpaired) electrons. The topological polar surface area (TPSA) is 47.3 Å². The smallest absolute Gasteiger partial charge is 0.120 e. The minimum atomic E-state index is 0.415. The van der Waals surface area contributed by atoms with E-state index in [4.69, 9.17) is 22.7 Å². The molecule has 0 aromatic heterocycles. The standard InChI is InChI=1S/C13H18N2OS/c1-8(9-3-4-9)15-12-7-10(16-2)5-6-11(12)13(14)17/h5-9,15H,3-4H2,1-2H3,(H2,14,17). The van der Waals surface area contributed by atoms with E-state index in [2.05, 4.69) is 12.2 Å². The van der Waals surface area contributed by atoms with Crippen molar-refractivity contribution in [1.82, 2.24) is 0 Å². The van der Waals surface area contributed by atoms with Crippen LogP contribution in [-0.4, -0.2) is 18.1 Å². The molecule has 2 rings (SSSR count). The first-order valence-corrected chi connectivity index (χ1v) is 6.27. The molecule has 0 spiro atoms. The zero-order chi connectivity index (χ0) is 12.4. The lowest BCUT2D eigenvalue weighted by Gasteiger charge is -2.18. The fourth-order valence-electron chi connectivity index (χ4n) is 1.94. The fourth-order valence-corrected chi connectivity index (χ4v) is 2.12. The minimum Gasteiger partial charge on any atom is -0.497 e. The Morgan fingerprint density at radius 2 is 2.24 bits per heavy atom. The molecule has 4 heteroatoms. The summed E-state index contributed by atoms with van der Waals surface area (Å²) >= 11 is 5.06. The SMILES string of the molecule is COc1ccc(C(N)=S)c(NC(C)C2CC2)c1. The molecule has 92 valence electrons. The second-order valence-electron chi connectivity index (χ2n) is 4.55. The van der Waals surface area contributed by atoms with Crippen molar-refractivity contribution in [1.29, 1.82) is 0 Å². The summed E-state index contributed by atoms with van der Waals surface area (Å²) in [5.74, 6) is 1.59. The maximum atomic E-state index is 5.72. The number of benzene rings is 1. The molecule has 1 aromatic carbocycles. The van der Waals surface area contributed by atoms with E-state index >= 15 is 0 Å². The van der Waals surface area contributed by atoms with Gasteiger partial charge in [-0.1, -0.05) is 12.2 Å². The number of hydrogen-bond acceptors (Lipinski definition) is 3. The number of nitrogens with two attached hydrogens (primary N) is 1. The van der Waals surface area contributed by atoms with Crippen molar-refractivity contribution >= 4 is 22.9 Å². The number of ether oxygens (including phenoxy) is 1. The van der Waals surface area contributed by atoms with Gasteiger partial charge in [-0.25, -0.2) is 0 Å². The molecule has 1 unspecified atom stereocenters. The van der Waals surface area contributed by atoms with E-state index in [1.807, 2.05) is 18.2 Å². The molecule has 0 bridgehead atoms. The Labute approximate surface area is 107 Å². The Hall–Kier alpha value is -1.29. The van der Waals surface area contributed by atoms with E-state index in [1.165, 1.54) is 12.8 Å². The molecule has 0 heterocycles. The summed E-state index contributed by atoms with van der Waals surface area (Å²) in [6.07, 6.45) is 2.61. The van der Waals surface area contributed by atoms with E-state index < -0.39 is 0 Å². The monoisotopic (exact) mass is 250 g/mol. The van der Waals surface area contributed by atoms with Gasteiger partial charge in [0.25, 0.3) is 0 Å². The van der Waals surface area contributed by atoms with Gasteiger partial charge in [-0.15, -0.1) is 0 Å². The van der Waals surface area contributed by atoms with Crippen LogP contribution in [-0.2, 0) is 0 Å². The van der Waals surface area contributed by atoms with Gasteiger partial charge < -0.3 is 15.8 Å². The second kappa shape index (κ2) is 4.92. The summed E-state index contributed by atoms with van der Waals surface area (Å²) in [5, 5.41) is 3.48. The third kappa shape index (κ3) is 2.88. The van der Waals surface area contributed by atoms with Gasteiger partial charge in [0.05, 0.1) is 7.11 Å². The highest BCUT2D eigenvalue weighted by molar-refractivity contribution is 7.80. The normalized spacial score (nSPS) is 16.4. The molecule has 1 atom stereocenters. The fraction of sp³-hybridized carbons (Fsp3) is 0.462. The number of anilines is 1. The minimum absolute atomic E-state index is 0.415. The van der Waals surface area contributed by atoms with Crippen LogP contribution < -0.4 is 15.8 Å². The zero-order valence-corrected chi connectivity index (χ0v) is 11.0. The van der Waals surface area contributed by atoms with Crippen molar-refractivity contribution in [2.45, 2.75) is 25.8 Å². The van der Waals surface area contributed by atoms with Crippen LogP contribution in [0.1, 0.15) is 25.3 Å². The summed E-state index contributed by atoms with van der Waals surface area (Å²) in [4.78, 5) is 0.415. The molecule has 3 nitrogen and oxygen atoms in total. The van der Waals surface area contributed by atoms with Crippen molar-refractivity contribution in [3.8, 4) is 5.75 Å². The van der Waals surface area contributed by atoms with Crippen molar-refractivity contribution < 1.29 is 4.74 Å². The molecular weight excluding hydrogens is 232 g/mol. The van der Waals surface area contributed by atoms with E-state index in [9.17, 15) is 0 Å². The molecule has 17 heavy (non-hydrogen) atoms. The van der Waals surface area contributed by atoms with Gasteiger partial charge in [0.15, 0.2) is 0 Å². The molecule has 1 saturated carbocycles. The largest absolute Gasteiger partial charge is 0.497 e. The van der Waals surface area contributed by atoms with Crippen LogP contribution in [0.25, 0.3) is 0 Å². The van der Waals surface area contributed by atoms with E-state index in [-0.39, 0.29) is 0 Å². The van der Waals surface area contributed by atoms with Gasteiger partial charge in [-0.2, -0.15) is 0 Å². The highest BCUT2D eigenvalue weighted by atomic mass is 32.1. The van der Waals surface area contributed by atoms with Gasteiger partial charge in [0, 0.05) is 23.4 Å². The lowest BCUT2D eigenvalue weighted by molar-refractivity contribution is 0.415. The first-order chi connectivity index (χ1) is 8.11. The van der Waals surface area contributed by atoms with Crippen LogP contribution >= 0.6 is 12.2 Å². The van der Waals surface area contributed by atoms with Crippen LogP contribution in [0.15, 0.2) is 18.2 Å². The van der Waals surface area contributed by atoms with Crippen LogP contribution in [0.5, 0.6) is 5.75 Å². The Morgan fingerprint density at radius 1 is 1.53 bits per heavy atom. The first-order valence-electron chi connectivity index (χ1n) is 5.86. The Bertz CT molecular complexity index is 429. The van der Waals surface area contributed by atoms with Gasteiger partial charge in [0.2, 0.25) is 0 Å². The highest BCUT2D eigenvalue weighted by Gasteiger charge is 2.28. The van der Waals surface area contributed by atoms with Crippen molar-refractivity contribution in [3.63, 3.8) is 0 Å². The van der Waals surface area contributed by atoms with Crippen LogP contribution in [0.4, 0.5) is 5.69 Å². The predicted molar refractivity (Wildman–Crippen MR) is 74.7 cm³/mol. The molecule has 1 aliphatic rings. The number of rotatable bonds is 5. The molecule has 1 fully saturated rings. The number of hydrogen-bond donors (Lipinski definition) is 2. The molecule has 0 saturated heterocycles. The molecule has 3 N–H and O–H groups in total. The van der Waals surface area contributed by atoms with E-state index in [0.29, 0.717) is 11.0 Å². The van der Waals surface area contributed by atoms with Crippen LogP contribution in [0.2, 0.25) is 0 Å². The van der Waals surface area contributed by atoms with Crippen molar-refractivity contribution in [2.24, 2.45) is 11.7 Å². The summed E-state index contributed by atoms with van der Waals surface area (Å²) in [7, 11) is 1.66. The van der Waals surface area contributed by atoms with E-state index in [0.717, 1.165) is 22.9 Å². The van der Waals surface area contributed by atoms with Crippen LogP contribution in [0, 0.1) is 5.92 Å². The number of nitrogens with one attached hydrogen (secondary N) is 1. The maximum absolute atomic E-state index is 5.72. The van der Waals surface area contributed by atoms with Crippen molar-refractivity contribution in [3.05, 3.63) is 23.8 Å². The summed E-state index contributed by atoms with van der Waals surface area (Å²) in [5.41, 5.74) is 7.58. The number of methoxy groups -OCH3 is 1. The average Bonchev–Trinajstić information content (AvgIpc) is 3.12. The first kappa shape index (κ1) is 12.2. The number of thiocarbonyl (C=S) groups is 1. The predicted octanol–water partition coefficient (Wildman–Crippen LogP) is 2.54.